The zero-order chi connectivity index (χ0) is 26.7. The Morgan fingerprint density at radius 1 is 0.789 bits per heavy atom. The summed E-state index contributed by atoms with van der Waals surface area (Å²) in [6.07, 6.45) is 0.584. The van der Waals surface area contributed by atoms with Crippen LogP contribution in [0.15, 0.2) is 97.1 Å². The van der Waals surface area contributed by atoms with Crippen LogP contribution in [0.2, 0.25) is 0 Å². The number of urea groups is 1. The fourth-order valence-electron chi connectivity index (χ4n) is 4.02. The number of carbonyl (C=O) groups is 1. The number of amides is 2. The lowest BCUT2D eigenvalue weighted by Crippen LogP contribution is -2.36. The second-order valence-electron chi connectivity index (χ2n) is 8.72. The van der Waals surface area contributed by atoms with E-state index in [2.05, 4.69) is 5.32 Å². The molecule has 4 rings (SSSR count). The first-order valence-electron chi connectivity index (χ1n) is 12.3. The van der Waals surface area contributed by atoms with Gasteiger partial charge in [-0.1, -0.05) is 54.6 Å². The molecule has 0 aliphatic heterocycles. The third kappa shape index (κ3) is 7.49. The summed E-state index contributed by atoms with van der Waals surface area (Å²) < 4.78 is 30.4. The van der Waals surface area contributed by atoms with Crippen LogP contribution in [0.25, 0.3) is 0 Å². The molecule has 0 fully saturated rings. The van der Waals surface area contributed by atoms with E-state index >= 15 is 0 Å². The topological polar surface area (TPSA) is 60.0 Å². The highest BCUT2D eigenvalue weighted by Gasteiger charge is 2.16. The summed E-state index contributed by atoms with van der Waals surface area (Å²) in [5.74, 6) is 1.58. The SMILES string of the molecule is COc1ccc(CCN(Cc2cccc(OCc3ccccc3)c2)C(=O)Nc2cccc(F)c2)cc1OC. The zero-order valence-corrected chi connectivity index (χ0v) is 21.5. The van der Waals surface area contributed by atoms with Gasteiger partial charge in [0.2, 0.25) is 0 Å². The fraction of sp³-hybridized carbons (Fsp3) is 0.194. The quantitative estimate of drug-likeness (QED) is 0.242. The molecule has 0 saturated carbocycles. The van der Waals surface area contributed by atoms with E-state index in [0.717, 1.165) is 22.4 Å². The Kier molecular flexibility index (Phi) is 9.18. The van der Waals surface area contributed by atoms with Gasteiger partial charge in [0.25, 0.3) is 0 Å². The van der Waals surface area contributed by atoms with Gasteiger partial charge in [-0.05, 0) is 65.6 Å². The normalized spacial score (nSPS) is 10.5. The van der Waals surface area contributed by atoms with Crippen LogP contribution >= 0.6 is 0 Å². The summed E-state index contributed by atoms with van der Waals surface area (Å²) >= 11 is 0. The van der Waals surface area contributed by atoms with Gasteiger partial charge in [-0.3, -0.25) is 0 Å². The number of carbonyl (C=O) groups excluding carboxylic acids is 1. The zero-order valence-electron chi connectivity index (χ0n) is 21.5. The first-order chi connectivity index (χ1) is 18.5. The third-order valence-electron chi connectivity index (χ3n) is 6.00. The molecule has 4 aromatic carbocycles. The average Bonchev–Trinajstić information content (AvgIpc) is 2.94. The molecule has 0 aliphatic carbocycles. The first kappa shape index (κ1) is 26.5. The Hall–Kier alpha value is -4.52. The van der Waals surface area contributed by atoms with Gasteiger partial charge in [-0.2, -0.15) is 0 Å². The molecule has 1 N–H and O–H groups in total. The molecule has 196 valence electrons. The summed E-state index contributed by atoms with van der Waals surface area (Å²) in [5, 5.41) is 2.81. The summed E-state index contributed by atoms with van der Waals surface area (Å²) in [4.78, 5) is 15.0. The monoisotopic (exact) mass is 514 g/mol. The Morgan fingerprint density at radius 3 is 2.32 bits per heavy atom. The van der Waals surface area contributed by atoms with Gasteiger partial charge in [0, 0.05) is 18.8 Å². The van der Waals surface area contributed by atoms with Gasteiger partial charge in [0.05, 0.1) is 14.2 Å². The number of anilines is 1. The van der Waals surface area contributed by atoms with Gasteiger partial charge < -0.3 is 24.4 Å². The van der Waals surface area contributed by atoms with Crippen molar-refractivity contribution in [2.45, 2.75) is 19.6 Å². The molecule has 0 saturated heterocycles. The van der Waals surface area contributed by atoms with Gasteiger partial charge in [-0.15, -0.1) is 0 Å². The number of benzene rings is 4. The number of nitrogens with one attached hydrogen (secondary N) is 1. The molecule has 0 atom stereocenters. The number of nitrogens with zero attached hydrogens (tertiary/aromatic N) is 1. The summed E-state index contributed by atoms with van der Waals surface area (Å²) in [6.45, 7) is 1.22. The molecule has 0 aromatic heterocycles. The van der Waals surface area contributed by atoms with Crippen molar-refractivity contribution in [1.29, 1.82) is 0 Å². The number of hydrogen-bond acceptors (Lipinski definition) is 4. The molecule has 0 heterocycles. The van der Waals surface area contributed by atoms with E-state index < -0.39 is 5.82 Å². The van der Waals surface area contributed by atoms with E-state index in [0.29, 0.717) is 43.3 Å². The van der Waals surface area contributed by atoms with E-state index in [-0.39, 0.29) is 6.03 Å². The fourth-order valence-corrected chi connectivity index (χ4v) is 4.02. The Labute approximate surface area is 222 Å². The summed E-state index contributed by atoms with van der Waals surface area (Å²) in [5.41, 5.74) is 3.37. The molecule has 2 amide bonds. The minimum absolute atomic E-state index is 0.327. The van der Waals surface area contributed by atoms with Gasteiger partial charge in [0.15, 0.2) is 11.5 Å². The van der Waals surface area contributed by atoms with Crippen molar-refractivity contribution in [2.75, 3.05) is 26.1 Å². The molecule has 0 bridgehead atoms. The number of rotatable bonds is 11. The highest BCUT2D eigenvalue weighted by atomic mass is 19.1. The largest absolute Gasteiger partial charge is 0.493 e. The van der Waals surface area contributed by atoms with Crippen LogP contribution in [0.3, 0.4) is 0 Å². The van der Waals surface area contributed by atoms with Gasteiger partial charge in [-0.25, -0.2) is 9.18 Å². The van der Waals surface area contributed by atoms with Crippen LogP contribution in [-0.2, 0) is 19.6 Å². The molecule has 0 radical (unpaired) electrons. The smallest absolute Gasteiger partial charge is 0.322 e. The first-order valence-corrected chi connectivity index (χ1v) is 12.3. The lowest BCUT2D eigenvalue weighted by atomic mass is 10.1. The second kappa shape index (κ2) is 13.1. The van der Waals surface area contributed by atoms with Crippen molar-refractivity contribution < 1.29 is 23.4 Å². The Morgan fingerprint density at radius 2 is 1.55 bits per heavy atom. The number of hydrogen-bond donors (Lipinski definition) is 1. The maximum absolute atomic E-state index is 13.7. The molecule has 6 nitrogen and oxygen atoms in total. The van der Waals surface area contributed by atoms with Crippen molar-refractivity contribution in [1.82, 2.24) is 4.90 Å². The Balaban J connectivity index is 1.49. The van der Waals surface area contributed by atoms with E-state index in [9.17, 15) is 9.18 Å². The minimum atomic E-state index is -0.414. The number of ether oxygens (including phenoxy) is 3. The third-order valence-corrected chi connectivity index (χ3v) is 6.00. The molecular formula is C31H31FN2O4. The van der Waals surface area contributed by atoms with Gasteiger partial charge in [0.1, 0.15) is 18.2 Å². The molecule has 0 unspecified atom stereocenters. The molecule has 4 aromatic rings. The maximum Gasteiger partial charge on any atom is 0.322 e. The van der Waals surface area contributed by atoms with Crippen molar-refractivity contribution in [2.24, 2.45) is 0 Å². The number of methoxy groups -OCH3 is 2. The van der Waals surface area contributed by atoms with Crippen molar-refractivity contribution in [3.05, 3.63) is 120 Å². The second-order valence-corrected chi connectivity index (χ2v) is 8.72. The molecule has 38 heavy (non-hydrogen) atoms. The average molecular weight is 515 g/mol. The van der Waals surface area contributed by atoms with Crippen LogP contribution in [0.4, 0.5) is 14.9 Å². The van der Waals surface area contributed by atoms with Crippen LogP contribution in [0, 0.1) is 5.82 Å². The predicted octanol–water partition coefficient (Wildman–Crippen LogP) is 6.70. The van der Waals surface area contributed by atoms with Crippen molar-refractivity contribution >= 4 is 11.7 Å². The van der Waals surface area contributed by atoms with Gasteiger partial charge >= 0.3 is 6.03 Å². The van der Waals surface area contributed by atoms with Crippen LogP contribution in [0.5, 0.6) is 17.2 Å². The van der Waals surface area contributed by atoms with Crippen LogP contribution in [0.1, 0.15) is 16.7 Å². The van der Waals surface area contributed by atoms with E-state index in [1.165, 1.54) is 12.1 Å². The summed E-state index contributed by atoms with van der Waals surface area (Å²) in [7, 11) is 3.18. The lowest BCUT2D eigenvalue weighted by Gasteiger charge is -2.24. The number of halogens is 1. The predicted molar refractivity (Wildman–Crippen MR) is 146 cm³/mol. The molecular weight excluding hydrogens is 483 g/mol. The molecule has 0 spiro atoms. The highest BCUT2D eigenvalue weighted by molar-refractivity contribution is 5.89. The summed E-state index contributed by atoms with van der Waals surface area (Å²) in [6, 6.07) is 28.8. The van der Waals surface area contributed by atoms with E-state index in [1.807, 2.05) is 72.8 Å². The molecule has 7 heteroatoms. The van der Waals surface area contributed by atoms with Crippen molar-refractivity contribution in [3.8, 4) is 17.2 Å². The molecule has 0 aliphatic rings. The van der Waals surface area contributed by atoms with Crippen LogP contribution in [-0.4, -0.2) is 31.7 Å². The van der Waals surface area contributed by atoms with E-state index in [4.69, 9.17) is 14.2 Å². The van der Waals surface area contributed by atoms with E-state index in [1.54, 1.807) is 31.3 Å². The standard InChI is InChI=1S/C31H31FN2O4/c1-36-29-15-14-23(19-30(29)37-2)16-17-34(31(35)33-27-12-7-11-26(32)20-27)21-25-10-6-13-28(18-25)38-22-24-8-4-3-5-9-24/h3-15,18-20H,16-17,21-22H2,1-2H3,(H,33,35). The Bertz CT molecular complexity index is 1350. The maximum atomic E-state index is 13.7. The minimum Gasteiger partial charge on any atom is -0.493 e. The van der Waals surface area contributed by atoms with Crippen molar-refractivity contribution in [3.63, 3.8) is 0 Å². The lowest BCUT2D eigenvalue weighted by molar-refractivity contribution is 0.209. The van der Waals surface area contributed by atoms with Crippen LogP contribution < -0.4 is 19.5 Å². The highest BCUT2D eigenvalue weighted by Crippen LogP contribution is 2.28.